The van der Waals surface area contributed by atoms with Crippen LogP contribution < -0.4 is 4.90 Å². The predicted molar refractivity (Wildman–Crippen MR) is 103 cm³/mol. The molecule has 1 aliphatic heterocycles. The van der Waals surface area contributed by atoms with Gasteiger partial charge >= 0.3 is 0 Å². The topological polar surface area (TPSA) is 40.6 Å². The lowest BCUT2D eigenvalue weighted by atomic mass is 10.1. The van der Waals surface area contributed by atoms with Crippen molar-refractivity contribution < 1.29 is 8.42 Å². The molecule has 25 heavy (non-hydrogen) atoms. The zero-order valence-corrected chi connectivity index (χ0v) is 16.0. The largest absolute Gasteiger partial charge is 0.369 e. The van der Waals surface area contributed by atoms with Crippen molar-refractivity contribution in [1.29, 1.82) is 0 Å². The molecule has 1 aliphatic rings. The van der Waals surface area contributed by atoms with Crippen LogP contribution in [0.3, 0.4) is 0 Å². The third-order valence-corrected chi connectivity index (χ3v) is 6.18. The molecule has 0 unspecified atom stereocenters. The van der Waals surface area contributed by atoms with Crippen LogP contribution in [0.5, 0.6) is 0 Å². The summed E-state index contributed by atoms with van der Waals surface area (Å²) in [4.78, 5) is 5.28. The summed E-state index contributed by atoms with van der Waals surface area (Å²) < 4.78 is 23.1. The van der Waals surface area contributed by atoms with E-state index in [0.29, 0.717) is 4.90 Å². The third kappa shape index (κ3) is 4.22. The first-order chi connectivity index (χ1) is 11.8. The number of sulfone groups is 1. The molecule has 0 spiro atoms. The molecule has 1 saturated heterocycles. The summed E-state index contributed by atoms with van der Waals surface area (Å²) in [7, 11) is -3.12. The number of hydrogen-bond donors (Lipinski definition) is 0. The molecule has 134 valence electrons. The van der Waals surface area contributed by atoms with Crippen molar-refractivity contribution in [2.24, 2.45) is 0 Å². The summed E-state index contributed by atoms with van der Waals surface area (Å²) in [5.74, 6) is 0. The highest BCUT2D eigenvalue weighted by Gasteiger charge is 2.19. The minimum Gasteiger partial charge on any atom is -0.369 e. The molecule has 0 amide bonds. The van der Waals surface area contributed by atoms with Gasteiger partial charge in [-0.05, 0) is 48.7 Å². The maximum absolute atomic E-state index is 11.5. The zero-order chi connectivity index (χ0) is 18.0. The minimum absolute atomic E-state index is 0.385. The lowest BCUT2D eigenvalue weighted by molar-refractivity contribution is 0.249. The molecule has 0 saturated carbocycles. The van der Waals surface area contributed by atoms with Crippen LogP contribution in [0.25, 0.3) is 0 Å². The summed E-state index contributed by atoms with van der Waals surface area (Å²) in [6, 6.07) is 13.8. The maximum atomic E-state index is 11.5. The lowest BCUT2D eigenvalue weighted by Gasteiger charge is -2.37. The normalized spacial score (nSPS) is 16.2. The van der Waals surface area contributed by atoms with Gasteiger partial charge in [-0.25, -0.2) is 8.42 Å². The standard InChI is InChI=1S/C20H26N2O2S/c1-16-5-4-6-20(17(16)2)22-13-11-21(12-14-22)15-18-7-9-19(10-8-18)25(3,23)24/h4-10H,11-15H2,1-3H3. The van der Waals surface area contributed by atoms with Crippen molar-refractivity contribution in [2.75, 3.05) is 37.3 Å². The van der Waals surface area contributed by atoms with Gasteiger partial charge in [0.15, 0.2) is 9.84 Å². The van der Waals surface area contributed by atoms with Gasteiger partial charge in [0.1, 0.15) is 0 Å². The Hall–Kier alpha value is -1.85. The van der Waals surface area contributed by atoms with Crippen molar-refractivity contribution in [3.63, 3.8) is 0 Å². The van der Waals surface area contributed by atoms with E-state index in [-0.39, 0.29) is 0 Å². The molecule has 3 rings (SSSR count). The first-order valence-electron chi connectivity index (χ1n) is 8.67. The van der Waals surface area contributed by atoms with Crippen molar-refractivity contribution in [1.82, 2.24) is 4.90 Å². The Morgan fingerprint density at radius 1 is 0.920 bits per heavy atom. The smallest absolute Gasteiger partial charge is 0.175 e. The fraction of sp³-hybridized carbons (Fsp3) is 0.400. The second-order valence-corrected chi connectivity index (χ2v) is 8.91. The average Bonchev–Trinajstić information content (AvgIpc) is 2.58. The molecule has 0 aliphatic carbocycles. The third-order valence-electron chi connectivity index (χ3n) is 5.05. The number of nitrogens with zero attached hydrogens (tertiary/aromatic N) is 2. The predicted octanol–water partition coefficient (Wildman–Crippen LogP) is 3.03. The van der Waals surface area contributed by atoms with Gasteiger partial charge in [0.05, 0.1) is 4.90 Å². The van der Waals surface area contributed by atoms with Crippen LogP contribution in [0, 0.1) is 13.8 Å². The minimum atomic E-state index is -3.12. The van der Waals surface area contributed by atoms with E-state index in [2.05, 4.69) is 41.8 Å². The highest BCUT2D eigenvalue weighted by molar-refractivity contribution is 7.90. The fourth-order valence-corrected chi connectivity index (χ4v) is 3.96. The van der Waals surface area contributed by atoms with Crippen LogP contribution in [-0.4, -0.2) is 45.8 Å². The molecule has 1 heterocycles. The number of piperazine rings is 1. The van der Waals surface area contributed by atoms with E-state index < -0.39 is 9.84 Å². The van der Waals surface area contributed by atoms with Crippen molar-refractivity contribution >= 4 is 15.5 Å². The van der Waals surface area contributed by atoms with Gasteiger partial charge in [-0.3, -0.25) is 4.90 Å². The van der Waals surface area contributed by atoms with Crippen LogP contribution in [0.1, 0.15) is 16.7 Å². The molecule has 0 N–H and O–H groups in total. The van der Waals surface area contributed by atoms with Crippen molar-refractivity contribution in [2.45, 2.75) is 25.3 Å². The molecule has 5 heteroatoms. The second-order valence-electron chi connectivity index (χ2n) is 6.90. The van der Waals surface area contributed by atoms with Crippen LogP contribution >= 0.6 is 0 Å². The van der Waals surface area contributed by atoms with E-state index >= 15 is 0 Å². The number of benzene rings is 2. The van der Waals surface area contributed by atoms with Gasteiger partial charge in [0.2, 0.25) is 0 Å². The van der Waals surface area contributed by atoms with Crippen LogP contribution in [-0.2, 0) is 16.4 Å². The van der Waals surface area contributed by atoms with E-state index in [4.69, 9.17) is 0 Å². The molecule has 0 atom stereocenters. The van der Waals surface area contributed by atoms with E-state index in [1.165, 1.54) is 23.1 Å². The van der Waals surface area contributed by atoms with Crippen molar-refractivity contribution in [3.05, 3.63) is 59.2 Å². The quantitative estimate of drug-likeness (QED) is 0.842. The van der Waals surface area contributed by atoms with Gasteiger partial charge in [-0.15, -0.1) is 0 Å². The van der Waals surface area contributed by atoms with Crippen LogP contribution in [0.4, 0.5) is 5.69 Å². The fourth-order valence-electron chi connectivity index (χ4n) is 3.33. The summed E-state index contributed by atoms with van der Waals surface area (Å²) in [6.45, 7) is 9.29. The van der Waals surface area contributed by atoms with Gasteiger partial charge in [0, 0.05) is 44.7 Å². The highest BCUT2D eigenvalue weighted by Crippen LogP contribution is 2.24. The Balaban J connectivity index is 1.60. The van der Waals surface area contributed by atoms with E-state index in [1.807, 2.05) is 12.1 Å². The van der Waals surface area contributed by atoms with E-state index in [0.717, 1.165) is 38.3 Å². The molecular weight excluding hydrogens is 332 g/mol. The zero-order valence-electron chi connectivity index (χ0n) is 15.2. The van der Waals surface area contributed by atoms with Gasteiger partial charge in [-0.2, -0.15) is 0 Å². The lowest BCUT2D eigenvalue weighted by Crippen LogP contribution is -2.46. The Labute approximate surface area is 151 Å². The molecule has 4 nitrogen and oxygen atoms in total. The molecule has 0 aromatic heterocycles. The maximum Gasteiger partial charge on any atom is 0.175 e. The summed E-state index contributed by atoms with van der Waals surface area (Å²) in [6.07, 6.45) is 1.24. The first-order valence-corrected chi connectivity index (χ1v) is 10.6. The number of rotatable bonds is 4. The Morgan fingerprint density at radius 3 is 2.16 bits per heavy atom. The summed E-state index contributed by atoms with van der Waals surface area (Å²) >= 11 is 0. The van der Waals surface area contributed by atoms with Gasteiger partial charge in [0.25, 0.3) is 0 Å². The Morgan fingerprint density at radius 2 is 1.56 bits per heavy atom. The van der Waals surface area contributed by atoms with Gasteiger partial charge in [-0.1, -0.05) is 24.3 Å². The van der Waals surface area contributed by atoms with Gasteiger partial charge < -0.3 is 4.90 Å². The van der Waals surface area contributed by atoms with Crippen LogP contribution in [0.2, 0.25) is 0 Å². The number of hydrogen-bond acceptors (Lipinski definition) is 4. The molecule has 2 aromatic carbocycles. The average molecular weight is 359 g/mol. The molecule has 0 bridgehead atoms. The second kappa shape index (κ2) is 7.18. The van der Waals surface area contributed by atoms with Crippen LogP contribution in [0.15, 0.2) is 47.4 Å². The number of aryl methyl sites for hydroxylation is 1. The Bertz CT molecular complexity index is 836. The SMILES string of the molecule is Cc1cccc(N2CCN(Cc3ccc(S(C)(=O)=O)cc3)CC2)c1C. The van der Waals surface area contributed by atoms with E-state index in [1.54, 1.807) is 12.1 Å². The molecule has 0 radical (unpaired) electrons. The Kier molecular flexibility index (Phi) is 5.16. The summed E-state index contributed by atoms with van der Waals surface area (Å²) in [5, 5.41) is 0. The molecule has 2 aromatic rings. The summed E-state index contributed by atoms with van der Waals surface area (Å²) in [5.41, 5.74) is 5.21. The highest BCUT2D eigenvalue weighted by atomic mass is 32.2. The molecular formula is C20H26N2O2S. The van der Waals surface area contributed by atoms with E-state index in [9.17, 15) is 8.42 Å². The first kappa shape index (κ1) is 18.0. The number of anilines is 1. The molecule has 1 fully saturated rings. The van der Waals surface area contributed by atoms with Crippen molar-refractivity contribution in [3.8, 4) is 0 Å². The monoisotopic (exact) mass is 358 g/mol.